The topological polar surface area (TPSA) is 59.2 Å². The van der Waals surface area contributed by atoms with Gasteiger partial charge < -0.3 is 9.63 Å². The molecule has 0 saturated heterocycles. The first kappa shape index (κ1) is 11.2. The van der Waals surface area contributed by atoms with Gasteiger partial charge in [-0.15, -0.1) is 0 Å². The summed E-state index contributed by atoms with van der Waals surface area (Å²) < 4.78 is 19.0. The van der Waals surface area contributed by atoms with Crippen molar-refractivity contribution in [1.82, 2.24) is 10.1 Å². The van der Waals surface area contributed by atoms with Gasteiger partial charge >= 0.3 is 0 Å². The fourth-order valence-corrected chi connectivity index (χ4v) is 1.57. The average Bonchev–Trinajstić information content (AvgIpc) is 2.71. The summed E-state index contributed by atoms with van der Waals surface area (Å²) in [6.45, 7) is 1.48. The Morgan fingerprint density at radius 3 is 2.88 bits per heavy atom. The third-order valence-corrected chi connectivity index (χ3v) is 2.95. The number of benzene rings is 1. The van der Waals surface area contributed by atoms with E-state index in [1.807, 2.05) is 6.92 Å². The van der Waals surface area contributed by atoms with Crippen molar-refractivity contribution in [2.75, 3.05) is 0 Å². The molecule has 1 aromatic carbocycles. The molecule has 0 aliphatic carbocycles. The molecule has 0 saturated carbocycles. The highest BCUT2D eigenvalue weighted by molar-refractivity contribution is 9.10. The van der Waals surface area contributed by atoms with Crippen LogP contribution in [0, 0.1) is 12.7 Å². The Bertz CT molecular complexity index is 528. The van der Waals surface area contributed by atoms with Gasteiger partial charge in [0.1, 0.15) is 12.4 Å². The molecule has 4 nitrogen and oxygen atoms in total. The summed E-state index contributed by atoms with van der Waals surface area (Å²) in [4.78, 5) is 3.85. The van der Waals surface area contributed by atoms with E-state index in [-0.39, 0.29) is 23.9 Å². The first-order chi connectivity index (χ1) is 7.61. The molecule has 0 aliphatic rings. The van der Waals surface area contributed by atoms with E-state index < -0.39 is 5.82 Å². The molecule has 2 rings (SSSR count). The molecule has 0 bridgehead atoms. The van der Waals surface area contributed by atoms with Crippen LogP contribution in [0.3, 0.4) is 0 Å². The zero-order valence-corrected chi connectivity index (χ0v) is 9.95. The summed E-state index contributed by atoms with van der Waals surface area (Å²) in [5, 5.41) is 12.4. The number of hydrogen-bond donors (Lipinski definition) is 1. The Morgan fingerprint density at radius 2 is 2.25 bits per heavy atom. The lowest BCUT2D eigenvalue weighted by atomic mass is 10.1. The van der Waals surface area contributed by atoms with E-state index in [1.54, 1.807) is 6.07 Å². The molecule has 0 fully saturated rings. The van der Waals surface area contributed by atoms with Crippen molar-refractivity contribution in [2.45, 2.75) is 13.5 Å². The summed E-state index contributed by atoms with van der Waals surface area (Å²) in [5.41, 5.74) is 1.12. The minimum Gasteiger partial charge on any atom is -0.387 e. The van der Waals surface area contributed by atoms with Crippen LogP contribution in [0.1, 0.15) is 11.5 Å². The molecule has 0 spiro atoms. The number of aromatic nitrogens is 2. The first-order valence-corrected chi connectivity index (χ1v) is 5.30. The van der Waals surface area contributed by atoms with Crippen LogP contribution in [-0.4, -0.2) is 15.2 Å². The van der Waals surface area contributed by atoms with Gasteiger partial charge in [0.15, 0.2) is 0 Å². The van der Waals surface area contributed by atoms with Gasteiger partial charge in [-0.25, -0.2) is 4.39 Å². The van der Waals surface area contributed by atoms with E-state index in [9.17, 15) is 4.39 Å². The molecule has 1 N–H and O–H groups in total. The normalized spacial score (nSPS) is 10.8. The molecular weight excluding hydrogens is 279 g/mol. The van der Waals surface area contributed by atoms with Crippen LogP contribution in [0.15, 0.2) is 21.1 Å². The van der Waals surface area contributed by atoms with Crippen LogP contribution in [0.4, 0.5) is 4.39 Å². The molecule has 2 aromatic rings. The van der Waals surface area contributed by atoms with Gasteiger partial charge in [0.25, 0.3) is 5.89 Å². The highest BCUT2D eigenvalue weighted by Crippen LogP contribution is 2.26. The van der Waals surface area contributed by atoms with Crippen LogP contribution >= 0.6 is 15.9 Å². The number of hydrogen-bond acceptors (Lipinski definition) is 4. The second kappa shape index (κ2) is 4.31. The minimum atomic E-state index is -0.442. The van der Waals surface area contributed by atoms with Gasteiger partial charge in [-0.3, -0.25) is 0 Å². The third-order valence-electron chi connectivity index (χ3n) is 2.09. The summed E-state index contributed by atoms with van der Waals surface area (Å²) in [6, 6.07) is 2.96. The largest absolute Gasteiger partial charge is 0.387 e. The minimum absolute atomic E-state index is 0.0648. The van der Waals surface area contributed by atoms with Gasteiger partial charge in [-0.2, -0.15) is 4.98 Å². The molecule has 0 unspecified atom stereocenters. The fraction of sp³-hybridized carbons (Fsp3) is 0.200. The lowest BCUT2D eigenvalue weighted by Gasteiger charge is -2.02. The van der Waals surface area contributed by atoms with E-state index in [1.165, 1.54) is 6.07 Å². The molecule has 1 aromatic heterocycles. The summed E-state index contributed by atoms with van der Waals surface area (Å²) >= 11 is 3.23. The Hall–Kier alpha value is -1.27. The van der Waals surface area contributed by atoms with Crippen molar-refractivity contribution in [3.8, 4) is 11.4 Å². The van der Waals surface area contributed by atoms with Crippen molar-refractivity contribution in [2.24, 2.45) is 0 Å². The van der Waals surface area contributed by atoms with Crippen LogP contribution in [-0.2, 0) is 6.61 Å². The maximum atomic E-state index is 13.6. The number of rotatable bonds is 2. The van der Waals surface area contributed by atoms with Gasteiger partial charge in [0, 0.05) is 4.47 Å². The van der Waals surface area contributed by atoms with Crippen molar-refractivity contribution < 1.29 is 14.0 Å². The number of halogens is 2. The highest BCUT2D eigenvalue weighted by atomic mass is 79.9. The fourth-order valence-electron chi connectivity index (χ4n) is 1.26. The number of aryl methyl sites for hydroxylation is 1. The molecule has 16 heavy (non-hydrogen) atoms. The van der Waals surface area contributed by atoms with Crippen molar-refractivity contribution in [3.63, 3.8) is 0 Å². The number of aliphatic hydroxyl groups is 1. The van der Waals surface area contributed by atoms with Crippen molar-refractivity contribution in [3.05, 3.63) is 33.9 Å². The quantitative estimate of drug-likeness (QED) is 0.921. The Balaban J connectivity index is 2.51. The predicted molar refractivity (Wildman–Crippen MR) is 58.1 cm³/mol. The number of aliphatic hydroxyl groups excluding tert-OH is 1. The van der Waals surface area contributed by atoms with Crippen LogP contribution in [0.25, 0.3) is 11.4 Å². The first-order valence-electron chi connectivity index (χ1n) is 4.51. The molecule has 84 valence electrons. The Morgan fingerprint density at radius 1 is 1.50 bits per heavy atom. The lowest BCUT2D eigenvalue weighted by molar-refractivity contribution is 0.222. The highest BCUT2D eigenvalue weighted by Gasteiger charge is 2.14. The number of nitrogens with zero attached hydrogens (tertiary/aromatic N) is 2. The zero-order chi connectivity index (χ0) is 11.7. The lowest BCUT2D eigenvalue weighted by Crippen LogP contribution is -1.90. The van der Waals surface area contributed by atoms with E-state index >= 15 is 0 Å². The second-order valence-electron chi connectivity index (χ2n) is 3.25. The zero-order valence-electron chi connectivity index (χ0n) is 8.37. The standard InChI is InChI=1S/C10H8BrFN2O2/c1-5-2-6(8(12)3-7(5)11)10-13-9(4-15)16-14-10/h2-3,15H,4H2,1H3. The molecule has 0 amide bonds. The summed E-state index contributed by atoms with van der Waals surface area (Å²) in [6.07, 6.45) is 0. The van der Waals surface area contributed by atoms with Gasteiger partial charge in [-0.1, -0.05) is 21.1 Å². The van der Waals surface area contributed by atoms with Crippen LogP contribution in [0.5, 0.6) is 0 Å². The molecule has 0 radical (unpaired) electrons. The van der Waals surface area contributed by atoms with E-state index in [0.29, 0.717) is 4.47 Å². The third kappa shape index (κ3) is 1.98. The maximum Gasteiger partial charge on any atom is 0.252 e. The predicted octanol–water partition coefficient (Wildman–Crippen LogP) is 2.44. The molecule has 1 heterocycles. The molecule has 0 aliphatic heterocycles. The van der Waals surface area contributed by atoms with Gasteiger partial charge in [-0.05, 0) is 24.6 Å². The van der Waals surface area contributed by atoms with Gasteiger partial charge in [0.2, 0.25) is 5.82 Å². The van der Waals surface area contributed by atoms with Crippen molar-refractivity contribution >= 4 is 15.9 Å². The molecule has 0 atom stereocenters. The monoisotopic (exact) mass is 286 g/mol. The van der Waals surface area contributed by atoms with Crippen molar-refractivity contribution in [1.29, 1.82) is 0 Å². The summed E-state index contributed by atoms with van der Waals surface area (Å²) in [7, 11) is 0. The Labute approximate surface area is 99.2 Å². The van der Waals surface area contributed by atoms with Crippen LogP contribution < -0.4 is 0 Å². The summed E-state index contributed by atoms with van der Waals surface area (Å²) in [5.74, 6) is -0.241. The average molecular weight is 287 g/mol. The van der Waals surface area contributed by atoms with E-state index in [0.717, 1.165) is 5.56 Å². The second-order valence-corrected chi connectivity index (χ2v) is 4.11. The smallest absolute Gasteiger partial charge is 0.252 e. The van der Waals surface area contributed by atoms with Gasteiger partial charge in [0.05, 0.1) is 5.56 Å². The molecular formula is C10H8BrFN2O2. The maximum absolute atomic E-state index is 13.6. The van der Waals surface area contributed by atoms with Crippen LogP contribution in [0.2, 0.25) is 0 Å². The Kier molecular flexibility index (Phi) is 3.02. The molecule has 6 heteroatoms. The van der Waals surface area contributed by atoms with E-state index in [2.05, 4.69) is 26.1 Å². The SMILES string of the molecule is Cc1cc(-c2noc(CO)n2)c(F)cc1Br. The van der Waals surface area contributed by atoms with E-state index in [4.69, 9.17) is 9.63 Å².